The van der Waals surface area contributed by atoms with Crippen LogP contribution in [-0.2, 0) is 16.3 Å². The maximum absolute atomic E-state index is 12.3. The van der Waals surface area contributed by atoms with Gasteiger partial charge in [0.05, 0.1) is 11.0 Å². The molecule has 0 spiro atoms. The summed E-state index contributed by atoms with van der Waals surface area (Å²) in [6.07, 6.45) is 7.37. The van der Waals surface area contributed by atoms with E-state index in [-0.39, 0.29) is 5.25 Å². The van der Waals surface area contributed by atoms with Gasteiger partial charge >= 0.3 is 0 Å². The van der Waals surface area contributed by atoms with Crippen LogP contribution in [0.3, 0.4) is 0 Å². The molecule has 1 atom stereocenters. The first kappa shape index (κ1) is 19.5. The molecule has 0 radical (unpaired) electrons. The van der Waals surface area contributed by atoms with E-state index in [1.165, 1.54) is 12.0 Å². The molecule has 146 valence electrons. The van der Waals surface area contributed by atoms with Crippen molar-refractivity contribution < 1.29 is 17.9 Å². The average molecular weight is 381 g/mol. The molecule has 0 bridgehead atoms. The second-order valence-electron chi connectivity index (χ2n) is 7.95. The van der Waals surface area contributed by atoms with Crippen molar-refractivity contribution >= 4 is 9.84 Å². The van der Waals surface area contributed by atoms with Crippen molar-refractivity contribution in [2.75, 3.05) is 19.0 Å². The highest BCUT2D eigenvalue weighted by Gasteiger charge is 2.28. The Morgan fingerprint density at radius 3 is 2.38 bits per heavy atom. The van der Waals surface area contributed by atoms with E-state index in [0.29, 0.717) is 37.2 Å². The topological polar surface area (TPSA) is 52.6 Å². The van der Waals surface area contributed by atoms with E-state index < -0.39 is 9.84 Å². The molecule has 26 heavy (non-hydrogen) atoms. The molecule has 4 nitrogen and oxygen atoms in total. The Morgan fingerprint density at radius 2 is 1.69 bits per heavy atom. The summed E-state index contributed by atoms with van der Waals surface area (Å²) in [4.78, 5) is 0. The zero-order chi connectivity index (χ0) is 18.6. The summed E-state index contributed by atoms with van der Waals surface area (Å²) >= 11 is 0. The summed E-state index contributed by atoms with van der Waals surface area (Å²) in [6.45, 7) is 5.05. The number of hydrogen-bond donors (Lipinski definition) is 0. The molecule has 1 aromatic carbocycles. The van der Waals surface area contributed by atoms with E-state index in [0.717, 1.165) is 43.6 Å². The smallest absolute Gasteiger partial charge is 0.161 e. The minimum absolute atomic E-state index is 0.199. The third-order valence-corrected chi connectivity index (χ3v) is 8.57. The van der Waals surface area contributed by atoms with E-state index in [1.807, 2.05) is 19.9 Å². The lowest BCUT2D eigenvalue weighted by Crippen LogP contribution is -2.27. The highest BCUT2D eigenvalue weighted by atomic mass is 32.2. The molecule has 2 aliphatic rings. The van der Waals surface area contributed by atoms with Crippen LogP contribution in [0.4, 0.5) is 0 Å². The summed E-state index contributed by atoms with van der Waals surface area (Å²) in [5, 5.41) is -0.199. The highest BCUT2D eigenvalue weighted by Crippen LogP contribution is 2.35. The molecule has 3 rings (SSSR count). The van der Waals surface area contributed by atoms with Gasteiger partial charge in [-0.2, -0.15) is 0 Å². The summed E-state index contributed by atoms with van der Waals surface area (Å²) in [5.41, 5.74) is 1.30. The number of rotatable bonds is 7. The molecule has 1 aliphatic carbocycles. The molecule has 1 unspecified atom stereocenters. The fourth-order valence-electron chi connectivity index (χ4n) is 4.05. The molecule has 1 heterocycles. The van der Waals surface area contributed by atoms with E-state index in [2.05, 4.69) is 12.1 Å². The Labute approximate surface area is 158 Å². The van der Waals surface area contributed by atoms with E-state index in [9.17, 15) is 8.42 Å². The van der Waals surface area contributed by atoms with E-state index in [4.69, 9.17) is 9.47 Å². The third kappa shape index (κ3) is 4.93. The van der Waals surface area contributed by atoms with Gasteiger partial charge in [0.2, 0.25) is 0 Å². The minimum Gasteiger partial charge on any atom is -0.486 e. The fraction of sp³-hybridized carbons (Fsp3) is 0.714. The van der Waals surface area contributed by atoms with Gasteiger partial charge in [0.25, 0.3) is 0 Å². The molecular weight excluding hydrogens is 348 g/mol. The fourth-order valence-corrected chi connectivity index (χ4v) is 5.87. The normalized spacial score (nSPS) is 24.2. The van der Waals surface area contributed by atoms with Crippen LogP contribution >= 0.6 is 0 Å². The second-order valence-corrected chi connectivity index (χ2v) is 10.4. The van der Waals surface area contributed by atoms with Crippen molar-refractivity contribution in [2.24, 2.45) is 11.8 Å². The number of aryl methyl sites for hydroxylation is 1. The second kappa shape index (κ2) is 8.64. The van der Waals surface area contributed by atoms with Gasteiger partial charge in [-0.1, -0.05) is 25.8 Å². The van der Waals surface area contributed by atoms with Crippen LogP contribution in [-0.4, -0.2) is 32.6 Å². The molecule has 1 saturated carbocycles. The zero-order valence-electron chi connectivity index (χ0n) is 16.1. The van der Waals surface area contributed by atoms with Crippen LogP contribution in [0, 0.1) is 11.8 Å². The number of benzene rings is 1. The monoisotopic (exact) mass is 380 g/mol. The van der Waals surface area contributed by atoms with Gasteiger partial charge in [-0.05, 0) is 68.6 Å². The molecular formula is C21H32O4S. The van der Waals surface area contributed by atoms with Gasteiger partial charge in [0, 0.05) is 0 Å². The van der Waals surface area contributed by atoms with Gasteiger partial charge in [0.1, 0.15) is 13.2 Å². The summed E-state index contributed by atoms with van der Waals surface area (Å²) < 4.78 is 35.9. The largest absolute Gasteiger partial charge is 0.486 e. The first-order valence-corrected chi connectivity index (χ1v) is 11.8. The van der Waals surface area contributed by atoms with Crippen LogP contribution in [0.15, 0.2) is 18.2 Å². The average Bonchev–Trinajstić information content (AvgIpc) is 2.66. The van der Waals surface area contributed by atoms with Crippen molar-refractivity contribution in [3.05, 3.63) is 23.8 Å². The summed E-state index contributed by atoms with van der Waals surface area (Å²) in [5.74, 6) is 3.18. The lowest BCUT2D eigenvalue weighted by molar-refractivity contribution is 0.171. The van der Waals surface area contributed by atoms with Crippen LogP contribution < -0.4 is 9.47 Å². The van der Waals surface area contributed by atoms with Crippen molar-refractivity contribution in [2.45, 2.75) is 64.0 Å². The quantitative estimate of drug-likeness (QED) is 0.703. The van der Waals surface area contributed by atoms with Gasteiger partial charge in [-0.25, -0.2) is 8.42 Å². The van der Waals surface area contributed by atoms with Crippen LogP contribution in [0.25, 0.3) is 0 Å². The van der Waals surface area contributed by atoms with E-state index >= 15 is 0 Å². The van der Waals surface area contributed by atoms with Crippen molar-refractivity contribution in [1.82, 2.24) is 0 Å². The highest BCUT2D eigenvalue weighted by molar-refractivity contribution is 7.92. The standard InChI is InChI=1S/C21H32O4S/c1-3-16(2)26(22,23)15-19-8-5-17(6-9-19)4-7-18-10-11-20-21(14-18)25-13-12-24-20/h10-11,14,16-17,19H,3-9,12-13,15H2,1-2H3. The molecule has 0 amide bonds. The SMILES string of the molecule is CCC(C)S(=O)(=O)CC1CCC(CCc2ccc3c(c2)OCCO3)CC1. The maximum atomic E-state index is 12.3. The van der Waals surface area contributed by atoms with Crippen LogP contribution in [0.2, 0.25) is 0 Å². The molecule has 0 N–H and O–H groups in total. The summed E-state index contributed by atoms with van der Waals surface area (Å²) in [6, 6.07) is 6.26. The van der Waals surface area contributed by atoms with Crippen molar-refractivity contribution in [3.8, 4) is 11.5 Å². The molecule has 1 fully saturated rings. The zero-order valence-corrected chi connectivity index (χ0v) is 16.9. The molecule has 1 aromatic rings. The number of sulfone groups is 1. The molecule has 1 aliphatic heterocycles. The van der Waals surface area contributed by atoms with Crippen LogP contribution in [0.5, 0.6) is 11.5 Å². The number of hydrogen-bond acceptors (Lipinski definition) is 4. The van der Waals surface area contributed by atoms with Crippen LogP contribution in [0.1, 0.15) is 57.9 Å². The van der Waals surface area contributed by atoms with Gasteiger partial charge in [0.15, 0.2) is 21.3 Å². The Bertz CT molecular complexity index is 690. The maximum Gasteiger partial charge on any atom is 0.161 e. The van der Waals surface area contributed by atoms with Crippen molar-refractivity contribution in [3.63, 3.8) is 0 Å². The van der Waals surface area contributed by atoms with Gasteiger partial charge < -0.3 is 9.47 Å². The predicted octanol–water partition coefficient (Wildman–Crippen LogP) is 4.41. The van der Waals surface area contributed by atoms with Gasteiger partial charge in [-0.3, -0.25) is 0 Å². The summed E-state index contributed by atoms with van der Waals surface area (Å²) in [7, 11) is -2.92. The third-order valence-electron chi connectivity index (χ3n) is 6.07. The molecule has 5 heteroatoms. The molecule has 0 saturated heterocycles. The number of fused-ring (bicyclic) bond motifs is 1. The first-order chi connectivity index (χ1) is 12.5. The predicted molar refractivity (Wildman–Crippen MR) is 105 cm³/mol. The Hall–Kier alpha value is -1.23. The lowest BCUT2D eigenvalue weighted by atomic mass is 9.80. The van der Waals surface area contributed by atoms with Gasteiger partial charge in [-0.15, -0.1) is 0 Å². The van der Waals surface area contributed by atoms with E-state index in [1.54, 1.807) is 0 Å². The Morgan fingerprint density at radius 1 is 1.04 bits per heavy atom. The molecule has 0 aromatic heterocycles. The Kier molecular flexibility index (Phi) is 6.49. The van der Waals surface area contributed by atoms with Crippen molar-refractivity contribution in [1.29, 1.82) is 0 Å². The number of ether oxygens (including phenoxy) is 2. The Balaban J connectivity index is 1.44. The lowest BCUT2D eigenvalue weighted by Gasteiger charge is -2.29. The first-order valence-electron chi connectivity index (χ1n) is 10.1. The minimum atomic E-state index is -2.92.